The molecule has 1 unspecified atom stereocenters. The number of carbonyl (C=O) groups is 2. The molecule has 0 bridgehead atoms. The predicted molar refractivity (Wildman–Crippen MR) is 87.1 cm³/mol. The van der Waals surface area contributed by atoms with Crippen LogP contribution in [0.25, 0.3) is 0 Å². The molecule has 0 saturated carbocycles. The second kappa shape index (κ2) is 7.34. The van der Waals surface area contributed by atoms with Crippen molar-refractivity contribution in [2.24, 2.45) is 0 Å². The molecule has 1 heterocycles. The van der Waals surface area contributed by atoms with Crippen molar-refractivity contribution in [1.82, 2.24) is 4.90 Å². The van der Waals surface area contributed by atoms with E-state index in [0.29, 0.717) is 13.0 Å². The van der Waals surface area contributed by atoms with Crippen molar-refractivity contribution in [3.8, 4) is 0 Å². The van der Waals surface area contributed by atoms with Crippen molar-refractivity contribution in [1.29, 1.82) is 0 Å². The number of hydrogen-bond acceptors (Lipinski definition) is 5. The van der Waals surface area contributed by atoms with E-state index in [1.54, 1.807) is 25.7 Å². The minimum Gasteiger partial charge on any atom is -0.458 e. The molecular formula is C17H29NO5. The standard InChI is InChI=1S/C17H29NO5/c1-12-8-9-18(15(20)23-17(5,6)7)13(12)10-21-11-14(19)22-16(2,3)4/h13H,1,8-11H2,2-7H3. The lowest BCUT2D eigenvalue weighted by atomic mass is 10.1. The number of hydrogen-bond donors (Lipinski definition) is 0. The first-order valence-electron chi connectivity index (χ1n) is 7.86. The monoisotopic (exact) mass is 327 g/mol. The van der Waals surface area contributed by atoms with Gasteiger partial charge in [-0.25, -0.2) is 9.59 Å². The van der Waals surface area contributed by atoms with E-state index in [1.807, 2.05) is 20.8 Å². The van der Waals surface area contributed by atoms with E-state index in [4.69, 9.17) is 14.2 Å². The van der Waals surface area contributed by atoms with Crippen molar-refractivity contribution in [2.45, 2.75) is 65.2 Å². The molecule has 0 radical (unpaired) electrons. The SMILES string of the molecule is C=C1CCN(C(=O)OC(C)(C)C)C1COCC(=O)OC(C)(C)C. The summed E-state index contributed by atoms with van der Waals surface area (Å²) >= 11 is 0. The first kappa shape index (κ1) is 19.5. The number of amides is 1. The molecule has 1 fully saturated rings. The summed E-state index contributed by atoms with van der Waals surface area (Å²) in [5, 5.41) is 0. The van der Waals surface area contributed by atoms with Gasteiger partial charge in [0.05, 0.1) is 12.6 Å². The lowest BCUT2D eigenvalue weighted by Crippen LogP contribution is -2.42. The number of nitrogens with zero attached hydrogens (tertiary/aromatic N) is 1. The smallest absolute Gasteiger partial charge is 0.410 e. The van der Waals surface area contributed by atoms with Gasteiger partial charge >= 0.3 is 12.1 Å². The third-order valence-corrected chi connectivity index (χ3v) is 3.06. The Morgan fingerprint density at radius 2 is 1.70 bits per heavy atom. The third-order valence-electron chi connectivity index (χ3n) is 3.06. The second-order valence-corrected chi connectivity index (χ2v) is 7.70. The molecule has 23 heavy (non-hydrogen) atoms. The van der Waals surface area contributed by atoms with Crippen molar-refractivity contribution < 1.29 is 23.8 Å². The van der Waals surface area contributed by atoms with Crippen LogP contribution in [0.4, 0.5) is 4.79 Å². The van der Waals surface area contributed by atoms with Crippen LogP contribution >= 0.6 is 0 Å². The summed E-state index contributed by atoms with van der Waals surface area (Å²) in [5.74, 6) is -0.426. The van der Waals surface area contributed by atoms with Gasteiger partial charge < -0.3 is 14.2 Å². The van der Waals surface area contributed by atoms with Gasteiger partial charge in [0.25, 0.3) is 0 Å². The van der Waals surface area contributed by atoms with Crippen LogP contribution in [-0.4, -0.2) is 54.0 Å². The summed E-state index contributed by atoms with van der Waals surface area (Å²) in [6, 6.07) is -0.271. The lowest BCUT2D eigenvalue weighted by molar-refractivity contribution is -0.160. The van der Waals surface area contributed by atoms with E-state index in [2.05, 4.69) is 6.58 Å². The average molecular weight is 327 g/mol. The molecule has 0 aromatic rings. The fourth-order valence-electron chi connectivity index (χ4n) is 2.18. The Kier molecular flexibility index (Phi) is 6.22. The van der Waals surface area contributed by atoms with Crippen LogP contribution in [0.15, 0.2) is 12.2 Å². The molecule has 1 amide bonds. The van der Waals surface area contributed by atoms with Crippen LogP contribution in [0.5, 0.6) is 0 Å². The van der Waals surface area contributed by atoms with E-state index in [-0.39, 0.29) is 25.3 Å². The van der Waals surface area contributed by atoms with Crippen LogP contribution < -0.4 is 0 Å². The molecule has 0 aromatic carbocycles. The maximum Gasteiger partial charge on any atom is 0.410 e. The summed E-state index contributed by atoms with van der Waals surface area (Å²) in [6.45, 7) is 15.5. The average Bonchev–Trinajstić information content (AvgIpc) is 2.66. The van der Waals surface area contributed by atoms with Crippen molar-refractivity contribution in [3.05, 3.63) is 12.2 Å². The third kappa shape index (κ3) is 7.03. The minimum absolute atomic E-state index is 0.150. The quantitative estimate of drug-likeness (QED) is 0.587. The van der Waals surface area contributed by atoms with Gasteiger partial charge in [0, 0.05) is 6.54 Å². The van der Waals surface area contributed by atoms with Gasteiger partial charge in [-0.15, -0.1) is 0 Å². The lowest BCUT2D eigenvalue weighted by Gasteiger charge is -2.28. The van der Waals surface area contributed by atoms with E-state index >= 15 is 0 Å². The van der Waals surface area contributed by atoms with Gasteiger partial charge in [-0.05, 0) is 48.0 Å². The van der Waals surface area contributed by atoms with Crippen LogP contribution in [0.3, 0.4) is 0 Å². The second-order valence-electron chi connectivity index (χ2n) is 7.70. The Morgan fingerprint density at radius 1 is 1.13 bits per heavy atom. The largest absolute Gasteiger partial charge is 0.458 e. The molecule has 1 aliphatic heterocycles. The highest BCUT2D eigenvalue weighted by Crippen LogP contribution is 2.24. The molecule has 1 aliphatic rings. The van der Waals surface area contributed by atoms with Crippen LogP contribution in [0, 0.1) is 0 Å². The molecule has 0 N–H and O–H groups in total. The number of likely N-dealkylation sites (tertiary alicyclic amines) is 1. The highest BCUT2D eigenvalue weighted by Gasteiger charge is 2.34. The molecule has 0 spiro atoms. The normalized spacial score (nSPS) is 19.0. The topological polar surface area (TPSA) is 65.1 Å². The first-order chi connectivity index (χ1) is 10.4. The van der Waals surface area contributed by atoms with Crippen molar-refractivity contribution in [3.63, 3.8) is 0 Å². The fourth-order valence-corrected chi connectivity index (χ4v) is 2.18. The van der Waals surface area contributed by atoms with Gasteiger partial charge in [-0.2, -0.15) is 0 Å². The van der Waals surface area contributed by atoms with Gasteiger partial charge in [-0.3, -0.25) is 4.90 Å². The fraction of sp³-hybridized carbons (Fsp3) is 0.765. The highest BCUT2D eigenvalue weighted by molar-refractivity contribution is 5.71. The maximum absolute atomic E-state index is 12.2. The van der Waals surface area contributed by atoms with Crippen LogP contribution in [0.2, 0.25) is 0 Å². The molecule has 1 rings (SSSR count). The predicted octanol–water partition coefficient (Wildman–Crippen LogP) is 2.91. The number of carbonyl (C=O) groups excluding carboxylic acids is 2. The zero-order valence-electron chi connectivity index (χ0n) is 15.1. The summed E-state index contributed by atoms with van der Waals surface area (Å²) < 4.78 is 16.0. The van der Waals surface area contributed by atoms with Gasteiger partial charge in [0.1, 0.15) is 17.8 Å². The Labute approximate surface area is 138 Å². The molecule has 1 saturated heterocycles. The number of esters is 1. The molecule has 0 aliphatic carbocycles. The van der Waals surface area contributed by atoms with E-state index < -0.39 is 17.2 Å². The van der Waals surface area contributed by atoms with Gasteiger partial charge in [0.15, 0.2) is 0 Å². The van der Waals surface area contributed by atoms with E-state index in [9.17, 15) is 9.59 Å². The summed E-state index contributed by atoms with van der Waals surface area (Å²) in [5.41, 5.74) is -0.192. The molecule has 6 nitrogen and oxygen atoms in total. The zero-order valence-corrected chi connectivity index (χ0v) is 15.1. The van der Waals surface area contributed by atoms with Gasteiger partial charge in [-0.1, -0.05) is 12.2 Å². The van der Waals surface area contributed by atoms with E-state index in [0.717, 1.165) is 5.57 Å². The molecule has 0 aromatic heterocycles. The summed E-state index contributed by atoms with van der Waals surface area (Å²) in [7, 11) is 0. The molecule has 6 heteroatoms. The first-order valence-corrected chi connectivity index (χ1v) is 7.86. The van der Waals surface area contributed by atoms with Gasteiger partial charge in [0.2, 0.25) is 0 Å². The number of ether oxygens (including phenoxy) is 3. The maximum atomic E-state index is 12.2. The van der Waals surface area contributed by atoms with Crippen LogP contribution in [0.1, 0.15) is 48.0 Å². The molecule has 132 valence electrons. The highest BCUT2D eigenvalue weighted by atomic mass is 16.6. The van der Waals surface area contributed by atoms with Crippen LogP contribution in [-0.2, 0) is 19.0 Å². The van der Waals surface area contributed by atoms with Crippen molar-refractivity contribution >= 4 is 12.1 Å². The van der Waals surface area contributed by atoms with Crippen molar-refractivity contribution in [2.75, 3.05) is 19.8 Å². The zero-order chi connectivity index (χ0) is 17.8. The Hall–Kier alpha value is -1.56. The summed E-state index contributed by atoms with van der Waals surface area (Å²) in [4.78, 5) is 25.5. The number of rotatable bonds is 4. The Balaban J connectivity index is 2.51. The van der Waals surface area contributed by atoms with E-state index in [1.165, 1.54) is 0 Å². The summed E-state index contributed by atoms with van der Waals surface area (Å²) in [6.07, 6.45) is 0.321. The Bertz CT molecular complexity index is 459. The molecular weight excluding hydrogens is 298 g/mol. The molecule has 1 atom stereocenters. The Morgan fingerprint density at radius 3 is 2.22 bits per heavy atom. The minimum atomic E-state index is -0.553.